The topological polar surface area (TPSA) is 61.6 Å². The molecule has 104 valence electrons. The second-order valence-electron chi connectivity index (χ2n) is 3.66. The number of nitrogens with zero attached hydrogens (tertiary/aromatic N) is 1. The molecule has 0 aliphatic carbocycles. The number of alkyl halides is 3. The van der Waals surface area contributed by atoms with Gasteiger partial charge >= 0.3 is 5.79 Å². The van der Waals surface area contributed by atoms with Crippen LogP contribution >= 0.6 is 66.7 Å². The summed E-state index contributed by atoms with van der Waals surface area (Å²) in [7, 11) is 0. The van der Waals surface area contributed by atoms with Crippen LogP contribution in [0.15, 0.2) is 21.1 Å². The number of hydrogen-bond donors (Lipinski definition) is 0. The van der Waals surface area contributed by atoms with Crippen LogP contribution < -0.4 is 9.47 Å². The fourth-order valence-corrected chi connectivity index (χ4v) is 2.54. The molecule has 0 atom stereocenters. The molecule has 1 aromatic rings. The van der Waals surface area contributed by atoms with Crippen LogP contribution in [0, 0.1) is 10.1 Å². The molecule has 0 saturated carbocycles. The van der Waals surface area contributed by atoms with E-state index < -0.39 is 21.0 Å². The summed E-state index contributed by atoms with van der Waals surface area (Å²) in [6, 6.07) is 3.13. The standard InChI is InChI=1S/C9H4Br2Cl3NO4/c10-4-1-6-7(2-5(4)11)19-8(18-6,3-15(16)17)9(12,13)14/h1-2H,3H2. The molecule has 0 bridgehead atoms. The van der Waals surface area contributed by atoms with Crippen LogP contribution in [0.25, 0.3) is 0 Å². The van der Waals surface area contributed by atoms with Gasteiger partial charge in [-0.1, -0.05) is 34.8 Å². The molecular weight excluding hydrogens is 452 g/mol. The van der Waals surface area contributed by atoms with Gasteiger partial charge in [0.2, 0.25) is 0 Å². The number of benzene rings is 1. The van der Waals surface area contributed by atoms with Gasteiger partial charge in [-0.25, -0.2) is 0 Å². The van der Waals surface area contributed by atoms with Crippen molar-refractivity contribution in [1.82, 2.24) is 0 Å². The molecule has 10 heteroatoms. The van der Waals surface area contributed by atoms with Gasteiger partial charge in [0.1, 0.15) is 0 Å². The fraction of sp³-hybridized carbons (Fsp3) is 0.333. The molecular formula is C9H4Br2Cl3NO4. The highest BCUT2D eigenvalue weighted by Crippen LogP contribution is 2.51. The smallest absolute Gasteiger partial charge is 0.365 e. The molecule has 0 unspecified atom stereocenters. The van der Waals surface area contributed by atoms with Crippen molar-refractivity contribution in [1.29, 1.82) is 0 Å². The first kappa shape index (κ1) is 15.4. The summed E-state index contributed by atoms with van der Waals surface area (Å²) in [5.74, 6) is -1.49. The molecule has 0 aromatic heterocycles. The second-order valence-corrected chi connectivity index (χ2v) is 7.65. The minimum absolute atomic E-state index is 0.253. The molecule has 0 spiro atoms. The third-order valence-electron chi connectivity index (χ3n) is 2.31. The van der Waals surface area contributed by atoms with E-state index in [2.05, 4.69) is 31.9 Å². The van der Waals surface area contributed by atoms with E-state index in [1.165, 1.54) is 0 Å². The van der Waals surface area contributed by atoms with Crippen LogP contribution in [0.2, 0.25) is 0 Å². The highest BCUT2D eigenvalue weighted by atomic mass is 79.9. The number of rotatable bonds is 2. The minimum atomic E-state index is -2.13. The average Bonchev–Trinajstić information content (AvgIpc) is 2.55. The first-order chi connectivity index (χ1) is 8.64. The summed E-state index contributed by atoms with van der Waals surface area (Å²) in [5, 5.41) is 10.7. The quantitative estimate of drug-likeness (QED) is 0.378. The maximum atomic E-state index is 10.7. The van der Waals surface area contributed by atoms with Crippen LogP contribution in [0.4, 0.5) is 0 Å². The lowest BCUT2D eigenvalue weighted by atomic mass is 10.3. The maximum absolute atomic E-state index is 10.7. The van der Waals surface area contributed by atoms with E-state index in [4.69, 9.17) is 44.3 Å². The van der Waals surface area contributed by atoms with E-state index >= 15 is 0 Å². The lowest BCUT2D eigenvalue weighted by Gasteiger charge is -2.29. The van der Waals surface area contributed by atoms with Crippen LogP contribution in [0.1, 0.15) is 0 Å². The SMILES string of the molecule is O=[N+]([O-])CC1(C(Cl)(Cl)Cl)Oc2cc(Br)c(Br)cc2O1. The molecule has 1 heterocycles. The van der Waals surface area contributed by atoms with E-state index in [1.807, 2.05) is 0 Å². The number of nitro groups is 1. The molecule has 1 aliphatic rings. The monoisotopic (exact) mass is 453 g/mol. The van der Waals surface area contributed by atoms with Gasteiger partial charge in [0.15, 0.2) is 11.5 Å². The van der Waals surface area contributed by atoms with E-state index in [-0.39, 0.29) is 11.5 Å². The Balaban J connectivity index is 2.45. The first-order valence-electron chi connectivity index (χ1n) is 4.70. The molecule has 0 N–H and O–H groups in total. The zero-order valence-corrected chi connectivity index (χ0v) is 14.3. The van der Waals surface area contributed by atoms with Crippen molar-refractivity contribution in [3.63, 3.8) is 0 Å². The van der Waals surface area contributed by atoms with Gasteiger partial charge in [0.05, 0.1) is 0 Å². The van der Waals surface area contributed by atoms with E-state index in [0.29, 0.717) is 8.95 Å². The summed E-state index contributed by atoms with van der Waals surface area (Å²) in [6.45, 7) is -0.812. The van der Waals surface area contributed by atoms with Crippen molar-refractivity contribution in [3.05, 3.63) is 31.2 Å². The number of halogens is 5. The Labute approximate surface area is 139 Å². The summed E-state index contributed by atoms with van der Waals surface area (Å²) < 4.78 is 10.0. The highest BCUT2D eigenvalue weighted by molar-refractivity contribution is 9.13. The summed E-state index contributed by atoms with van der Waals surface area (Å²) in [5.41, 5.74) is 0. The average molecular weight is 456 g/mol. The summed E-state index contributed by atoms with van der Waals surface area (Å²) in [6.07, 6.45) is 0. The second kappa shape index (κ2) is 5.11. The van der Waals surface area contributed by atoms with E-state index in [1.54, 1.807) is 12.1 Å². The lowest BCUT2D eigenvalue weighted by Crippen LogP contribution is -2.55. The van der Waals surface area contributed by atoms with Gasteiger partial charge in [0, 0.05) is 13.9 Å². The van der Waals surface area contributed by atoms with Gasteiger partial charge in [-0.15, -0.1) is 0 Å². The van der Waals surface area contributed by atoms with Crippen molar-refractivity contribution in [2.45, 2.75) is 9.58 Å². The molecule has 5 nitrogen and oxygen atoms in total. The molecule has 19 heavy (non-hydrogen) atoms. The Hall–Kier alpha value is 0.0500. The zero-order chi connectivity index (χ0) is 14.4. The predicted molar refractivity (Wildman–Crippen MR) is 78.0 cm³/mol. The third kappa shape index (κ3) is 2.90. The minimum Gasteiger partial charge on any atom is -0.439 e. The Morgan fingerprint density at radius 2 is 1.63 bits per heavy atom. The van der Waals surface area contributed by atoms with Crippen LogP contribution in [0.5, 0.6) is 11.5 Å². The Morgan fingerprint density at radius 1 is 1.21 bits per heavy atom. The summed E-state index contributed by atoms with van der Waals surface area (Å²) in [4.78, 5) is 10.1. The van der Waals surface area contributed by atoms with Crippen molar-refractivity contribution in [2.75, 3.05) is 6.54 Å². The Morgan fingerprint density at radius 3 is 1.95 bits per heavy atom. The van der Waals surface area contributed by atoms with Crippen LogP contribution in [-0.2, 0) is 0 Å². The van der Waals surface area contributed by atoms with Gasteiger partial charge in [-0.3, -0.25) is 10.1 Å². The van der Waals surface area contributed by atoms with Gasteiger partial charge < -0.3 is 9.47 Å². The first-order valence-corrected chi connectivity index (χ1v) is 7.42. The largest absolute Gasteiger partial charge is 0.439 e. The normalized spacial score (nSPS) is 16.5. The Kier molecular flexibility index (Phi) is 4.15. The summed E-state index contributed by atoms with van der Waals surface area (Å²) >= 11 is 23.8. The van der Waals surface area contributed by atoms with Crippen molar-refractivity contribution in [3.8, 4) is 11.5 Å². The van der Waals surface area contributed by atoms with Crippen molar-refractivity contribution in [2.24, 2.45) is 0 Å². The number of ether oxygens (including phenoxy) is 2. The van der Waals surface area contributed by atoms with Crippen molar-refractivity contribution >= 4 is 66.7 Å². The molecule has 0 amide bonds. The lowest BCUT2D eigenvalue weighted by molar-refractivity contribution is -0.509. The molecule has 0 radical (unpaired) electrons. The highest BCUT2D eigenvalue weighted by Gasteiger charge is 2.62. The fourth-order valence-electron chi connectivity index (χ4n) is 1.49. The number of fused-ring (bicyclic) bond motifs is 1. The molecule has 1 aliphatic heterocycles. The molecule has 1 aromatic carbocycles. The molecule has 0 fully saturated rings. The van der Waals surface area contributed by atoms with Crippen LogP contribution in [-0.4, -0.2) is 21.0 Å². The van der Waals surface area contributed by atoms with Gasteiger partial charge in [0.25, 0.3) is 10.3 Å². The van der Waals surface area contributed by atoms with E-state index in [0.717, 1.165) is 0 Å². The maximum Gasteiger partial charge on any atom is 0.365 e. The molecule has 0 saturated heterocycles. The zero-order valence-electron chi connectivity index (χ0n) is 8.83. The van der Waals surface area contributed by atoms with Gasteiger partial charge in [-0.05, 0) is 44.0 Å². The van der Waals surface area contributed by atoms with E-state index in [9.17, 15) is 10.1 Å². The van der Waals surface area contributed by atoms with Crippen molar-refractivity contribution < 1.29 is 14.4 Å². The predicted octanol–water partition coefficient (Wildman–Crippen LogP) is 4.33. The Bertz CT molecular complexity index is 518. The van der Waals surface area contributed by atoms with Gasteiger partial charge in [-0.2, -0.15) is 0 Å². The molecule has 2 rings (SSSR count). The van der Waals surface area contributed by atoms with Crippen LogP contribution in [0.3, 0.4) is 0 Å². The number of hydrogen-bond acceptors (Lipinski definition) is 4. The third-order valence-corrected chi connectivity index (χ3v) is 5.01.